The first-order valence-corrected chi connectivity index (χ1v) is 5.57. The Bertz CT molecular complexity index is 546. The largest absolute Gasteiger partial charge is 0.544 e. The molecular weight excluding hydrogens is 302 g/mol. The molecule has 0 atom stereocenters. The first kappa shape index (κ1) is 14.1. The second kappa shape index (κ2) is 6.07. The van der Waals surface area contributed by atoms with Gasteiger partial charge in [0, 0.05) is 4.47 Å². The number of aliphatic carboxylic acids is 1. The molecule has 0 unspecified atom stereocenters. The smallest absolute Gasteiger partial charge is 0.161 e. The number of halogens is 1. The fourth-order valence-electron chi connectivity index (χ4n) is 1.27. The van der Waals surface area contributed by atoms with E-state index in [1.807, 2.05) is 0 Å². The normalized spacial score (nSPS) is 10.7. The summed E-state index contributed by atoms with van der Waals surface area (Å²) in [7, 11) is 2.95. The quantitative estimate of drug-likeness (QED) is 0.615. The predicted molar refractivity (Wildman–Crippen MR) is 65.8 cm³/mol. The van der Waals surface area contributed by atoms with Gasteiger partial charge in [-0.3, -0.25) is 0 Å². The van der Waals surface area contributed by atoms with Crippen LogP contribution in [0, 0.1) is 11.3 Å². The lowest BCUT2D eigenvalue weighted by molar-refractivity contribution is -0.298. The summed E-state index contributed by atoms with van der Waals surface area (Å²) in [5.41, 5.74) is 0.0105. The average molecular weight is 311 g/mol. The van der Waals surface area contributed by atoms with Crippen LogP contribution in [-0.2, 0) is 4.79 Å². The molecule has 5 nitrogen and oxygen atoms in total. The van der Waals surface area contributed by atoms with Gasteiger partial charge in [0.1, 0.15) is 6.07 Å². The molecule has 1 aromatic carbocycles. The summed E-state index contributed by atoms with van der Waals surface area (Å²) < 4.78 is 10.7. The van der Waals surface area contributed by atoms with Crippen LogP contribution in [-0.4, -0.2) is 20.2 Å². The van der Waals surface area contributed by atoms with Crippen LogP contribution in [0.5, 0.6) is 11.5 Å². The molecule has 1 rings (SSSR count). The Morgan fingerprint density at radius 1 is 1.39 bits per heavy atom. The van der Waals surface area contributed by atoms with Crippen molar-refractivity contribution >= 4 is 28.0 Å². The second-order valence-electron chi connectivity index (χ2n) is 3.19. The van der Waals surface area contributed by atoms with Crippen molar-refractivity contribution in [2.75, 3.05) is 14.2 Å². The van der Waals surface area contributed by atoms with E-state index in [0.29, 0.717) is 21.5 Å². The van der Waals surface area contributed by atoms with Gasteiger partial charge in [0.25, 0.3) is 0 Å². The molecule has 0 saturated carbocycles. The molecule has 0 heterocycles. The van der Waals surface area contributed by atoms with E-state index in [2.05, 4.69) is 15.9 Å². The van der Waals surface area contributed by atoms with Crippen LogP contribution >= 0.6 is 15.9 Å². The number of carboxylic acids is 1. The van der Waals surface area contributed by atoms with Gasteiger partial charge in [-0.1, -0.05) is 15.9 Å². The number of benzene rings is 1. The number of rotatable bonds is 4. The van der Waals surface area contributed by atoms with Crippen molar-refractivity contribution < 1.29 is 19.4 Å². The maximum absolute atomic E-state index is 10.7. The summed E-state index contributed by atoms with van der Waals surface area (Å²) in [5.74, 6) is -0.602. The number of hydrogen-bond acceptors (Lipinski definition) is 5. The van der Waals surface area contributed by atoms with Crippen LogP contribution < -0.4 is 14.6 Å². The van der Waals surface area contributed by atoms with Crippen LogP contribution in [0.25, 0.3) is 6.08 Å². The molecule has 0 aliphatic carbocycles. The summed E-state index contributed by atoms with van der Waals surface area (Å²) in [6.07, 6.45) is 1.20. The molecule has 94 valence electrons. The minimum absolute atomic E-state index is 0.433. The Balaban J connectivity index is 3.35. The van der Waals surface area contributed by atoms with Crippen LogP contribution in [0.1, 0.15) is 5.56 Å². The minimum Gasteiger partial charge on any atom is -0.544 e. The van der Waals surface area contributed by atoms with E-state index in [1.54, 1.807) is 18.2 Å². The van der Waals surface area contributed by atoms with Gasteiger partial charge in [0.15, 0.2) is 11.5 Å². The zero-order valence-corrected chi connectivity index (χ0v) is 11.3. The number of nitriles is 1. The topological polar surface area (TPSA) is 82.4 Å². The monoisotopic (exact) mass is 310 g/mol. The SMILES string of the molecule is COc1cc(Br)c(C=C(C#N)C(=O)[O-])cc1OC. The van der Waals surface area contributed by atoms with Gasteiger partial charge in [-0.2, -0.15) is 5.26 Å². The highest BCUT2D eigenvalue weighted by molar-refractivity contribution is 9.10. The van der Waals surface area contributed by atoms with Gasteiger partial charge in [0.05, 0.1) is 25.8 Å². The Morgan fingerprint density at radius 3 is 2.39 bits per heavy atom. The summed E-state index contributed by atoms with van der Waals surface area (Å²) >= 11 is 3.26. The molecule has 0 N–H and O–H groups in total. The Labute approximate surface area is 112 Å². The molecule has 6 heteroatoms. The third kappa shape index (κ3) is 3.02. The Kier molecular flexibility index (Phi) is 4.75. The first-order valence-electron chi connectivity index (χ1n) is 4.78. The third-order valence-electron chi connectivity index (χ3n) is 2.14. The highest BCUT2D eigenvalue weighted by Crippen LogP contribution is 2.34. The fourth-order valence-corrected chi connectivity index (χ4v) is 1.71. The van der Waals surface area contributed by atoms with Crippen molar-refractivity contribution in [3.8, 4) is 17.6 Å². The molecule has 0 bridgehead atoms. The third-order valence-corrected chi connectivity index (χ3v) is 2.83. The lowest BCUT2D eigenvalue weighted by Gasteiger charge is -2.10. The number of carbonyl (C=O) groups is 1. The van der Waals surface area contributed by atoms with E-state index in [9.17, 15) is 9.90 Å². The van der Waals surface area contributed by atoms with E-state index in [0.717, 1.165) is 0 Å². The molecule has 0 amide bonds. The molecule has 1 aromatic rings. The Hall–Kier alpha value is -2.00. The van der Waals surface area contributed by atoms with Crippen molar-refractivity contribution in [2.45, 2.75) is 0 Å². The van der Waals surface area contributed by atoms with Gasteiger partial charge in [-0.15, -0.1) is 0 Å². The summed E-state index contributed by atoms with van der Waals surface area (Å²) in [6.45, 7) is 0. The second-order valence-corrected chi connectivity index (χ2v) is 4.04. The van der Waals surface area contributed by atoms with Crippen molar-refractivity contribution in [3.05, 3.63) is 27.7 Å². The lowest BCUT2D eigenvalue weighted by Crippen LogP contribution is -2.23. The number of hydrogen-bond donors (Lipinski definition) is 0. The van der Waals surface area contributed by atoms with Gasteiger partial charge in [-0.25, -0.2) is 0 Å². The number of nitrogens with zero attached hydrogens (tertiary/aromatic N) is 1. The minimum atomic E-state index is -1.53. The molecule has 0 spiro atoms. The zero-order chi connectivity index (χ0) is 13.7. The average Bonchev–Trinajstić information content (AvgIpc) is 2.36. The van der Waals surface area contributed by atoms with E-state index in [4.69, 9.17) is 14.7 Å². The molecule has 0 aliphatic heterocycles. The van der Waals surface area contributed by atoms with Crippen LogP contribution in [0.2, 0.25) is 0 Å². The van der Waals surface area contributed by atoms with Gasteiger partial charge >= 0.3 is 0 Å². The Morgan fingerprint density at radius 2 is 1.94 bits per heavy atom. The molecular formula is C12H9BrNO4-. The van der Waals surface area contributed by atoms with Crippen molar-refractivity contribution in [1.82, 2.24) is 0 Å². The molecule has 0 aliphatic rings. The summed E-state index contributed by atoms with van der Waals surface area (Å²) in [4.78, 5) is 10.7. The van der Waals surface area contributed by atoms with Crippen molar-refractivity contribution in [2.24, 2.45) is 0 Å². The fraction of sp³-hybridized carbons (Fsp3) is 0.167. The van der Waals surface area contributed by atoms with Gasteiger partial charge in [-0.05, 0) is 23.8 Å². The first-order chi connectivity index (χ1) is 8.53. The highest BCUT2D eigenvalue weighted by atomic mass is 79.9. The van der Waals surface area contributed by atoms with E-state index in [1.165, 1.54) is 20.3 Å². The standard InChI is InChI=1S/C12H10BrNO4/c1-17-10-4-7(3-8(6-14)12(15)16)9(13)5-11(10)18-2/h3-5H,1-2H3,(H,15,16)/p-1. The maximum atomic E-state index is 10.7. The van der Waals surface area contributed by atoms with E-state index in [-0.39, 0.29) is 0 Å². The molecule has 0 aromatic heterocycles. The number of carboxylic acid groups (broad SMARTS) is 1. The summed E-state index contributed by atoms with van der Waals surface area (Å²) in [6, 6.07) is 4.73. The van der Waals surface area contributed by atoms with Gasteiger partial charge in [0.2, 0.25) is 0 Å². The highest BCUT2D eigenvalue weighted by Gasteiger charge is 2.09. The number of ether oxygens (including phenoxy) is 2. The molecule has 0 saturated heterocycles. The van der Waals surface area contributed by atoms with Gasteiger partial charge < -0.3 is 19.4 Å². The number of carbonyl (C=O) groups excluding carboxylic acids is 1. The van der Waals surface area contributed by atoms with Crippen LogP contribution in [0.4, 0.5) is 0 Å². The van der Waals surface area contributed by atoms with Crippen LogP contribution in [0.3, 0.4) is 0 Å². The molecule has 18 heavy (non-hydrogen) atoms. The maximum Gasteiger partial charge on any atom is 0.161 e. The lowest BCUT2D eigenvalue weighted by atomic mass is 10.1. The van der Waals surface area contributed by atoms with Crippen LogP contribution in [0.15, 0.2) is 22.2 Å². The predicted octanol–water partition coefficient (Wildman–Crippen LogP) is 1.12. The molecule has 0 fully saturated rings. The summed E-state index contributed by atoms with van der Waals surface area (Å²) in [5, 5.41) is 19.3. The number of methoxy groups -OCH3 is 2. The zero-order valence-electron chi connectivity index (χ0n) is 9.69. The van der Waals surface area contributed by atoms with Crippen molar-refractivity contribution in [1.29, 1.82) is 5.26 Å². The van der Waals surface area contributed by atoms with Crippen molar-refractivity contribution in [3.63, 3.8) is 0 Å². The van der Waals surface area contributed by atoms with E-state index >= 15 is 0 Å². The van der Waals surface area contributed by atoms with E-state index < -0.39 is 11.5 Å². The molecule has 0 radical (unpaired) electrons.